The summed E-state index contributed by atoms with van der Waals surface area (Å²) >= 11 is 0. The maximum absolute atomic E-state index is 12.2. The average Bonchev–Trinajstić information content (AvgIpc) is 3.04. The number of ether oxygens (including phenoxy) is 1. The van der Waals surface area contributed by atoms with Crippen LogP contribution in [0, 0.1) is 0 Å². The van der Waals surface area contributed by atoms with Gasteiger partial charge in [-0.3, -0.25) is 5.32 Å². The lowest BCUT2D eigenvalue weighted by Crippen LogP contribution is -2.41. The summed E-state index contributed by atoms with van der Waals surface area (Å²) in [6, 6.07) is 7.60. The molecule has 0 aromatic heterocycles. The fraction of sp³-hybridized carbons (Fsp3) is 0.667. The highest BCUT2D eigenvalue weighted by molar-refractivity contribution is 6.74. The van der Waals surface area contributed by atoms with E-state index < -0.39 is 48.3 Å². The van der Waals surface area contributed by atoms with Crippen molar-refractivity contribution in [3.8, 4) is 0 Å². The fourth-order valence-corrected chi connectivity index (χ4v) is 4.06. The van der Waals surface area contributed by atoms with Gasteiger partial charge < -0.3 is 23.4 Å². The van der Waals surface area contributed by atoms with Gasteiger partial charge in [-0.05, 0) is 111 Å². The van der Waals surface area contributed by atoms with Crippen LogP contribution in [0.4, 0.5) is 10.5 Å². The van der Waals surface area contributed by atoms with Gasteiger partial charge in [0.05, 0.1) is 22.4 Å². The van der Waals surface area contributed by atoms with Crippen molar-refractivity contribution in [1.82, 2.24) is 0 Å². The maximum Gasteiger partial charge on any atom is 0.494 e. The molecular weight excluding hydrogens is 456 g/mol. The number of benzene rings is 1. The minimum atomic E-state index is -0.603. The van der Waals surface area contributed by atoms with Gasteiger partial charge >= 0.3 is 20.3 Å². The van der Waals surface area contributed by atoms with E-state index in [4.69, 9.17) is 23.4 Å². The Morgan fingerprint density at radius 2 is 1.22 bits per heavy atom. The van der Waals surface area contributed by atoms with Crippen molar-refractivity contribution < 1.29 is 28.1 Å². The van der Waals surface area contributed by atoms with E-state index in [0.29, 0.717) is 12.1 Å². The van der Waals surface area contributed by atoms with Gasteiger partial charge in [0.15, 0.2) is 0 Å². The van der Waals surface area contributed by atoms with Crippen molar-refractivity contribution in [3.63, 3.8) is 0 Å². The van der Waals surface area contributed by atoms with E-state index in [0.717, 1.165) is 16.5 Å². The van der Waals surface area contributed by atoms with Crippen LogP contribution in [0.2, 0.25) is 0 Å². The van der Waals surface area contributed by atoms with Crippen LogP contribution in [-0.2, 0) is 23.4 Å². The van der Waals surface area contributed by atoms with Crippen LogP contribution in [0.5, 0.6) is 0 Å². The second-order valence-electron chi connectivity index (χ2n) is 12.7. The minimum absolute atomic E-state index is 0.472. The molecule has 1 amide bonds. The predicted molar refractivity (Wildman–Crippen MR) is 146 cm³/mol. The number of amides is 1. The van der Waals surface area contributed by atoms with Crippen LogP contribution in [0.3, 0.4) is 0 Å². The molecule has 9 heteroatoms. The van der Waals surface area contributed by atoms with Gasteiger partial charge in [0.25, 0.3) is 0 Å². The quantitative estimate of drug-likeness (QED) is 0.469. The minimum Gasteiger partial charge on any atom is -0.444 e. The van der Waals surface area contributed by atoms with Gasteiger partial charge in [0.2, 0.25) is 0 Å². The van der Waals surface area contributed by atoms with Gasteiger partial charge in [0.1, 0.15) is 5.60 Å². The highest BCUT2D eigenvalue weighted by Gasteiger charge is 2.56. The lowest BCUT2D eigenvalue weighted by atomic mass is 9.61. The van der Waals surface area contributed by atoms with Crippen molar-refractivity contribution >= 4 is 31.5 Å². The first-order valence-corrected chi connectivity index (χ1v) is 12.8. The maximum atomic E-state index is 12.2. The van der Waals surface area contributed by atoms with Gasteiger partial charge in [-0.25, -0.2) is 4.79 Å². The Kier molecular flexibility index (Phi) is 7.59. The Labute approximate surface area is 217 Å². The molecule has 36 heavy (non-hydrogen) atoms. The van der Waals surface area contributed by atoms with Gasteiger partial charge in [-0.2, -0.15) is 0 Å². The third-order valence-corrected chi connectivity index (χ3v) is 7.59. The molecule has 1 aromatic carbocycles. The SMILES string of the molecule is CC/C(B1OC(C)(C)C(C)(C)O1)=C(/B1OC(C)(C)C(C)(C)O1)c1ccc(NC(=O)OC(C)(C)C)cc1. The van der Waals surface area contributed by atoms with Crippen molar-refractivity contribution in [2.75, 3.05) is 5.32 Å². The largest absolute Gasteiger partial charge is 0.494 e. The molecule has 2 aliphatic heterocycles. The Bertz CT molecular complexity index is 976. The van der Waals surface area contributed by atoms with Gasteiger partial charge in [-0.1, -0.05) is 19.1 Å². The monoisotopic (exact) mass is 499 g/mol. The van der Waals surface area contributed by atoms with E-state index in [-0.39, 0.29) is 0 Å². The summed E-state index contributed by atoms with van der Waals surface area (Å²) in [6.45, 7) is 23.9. The summed E-state index contributed by atoms with van der Waals surface area (Å²) in [5.41, 5.74) is 0.880. The molecule has 3 rings (SSSR count). The van der Waals surface area contributed by atoms with Gasteiger partial charge in [0, 0.05) is 5.69 Å². The third-order valence-electron chi connectivity index (χ3n) is 7.59. The van der Waals surface area contributed by atoms with Crippen LogP contribution in [0.25, 0.3) is 5.47 Å². The lowest BCUT2D eigenvalue weighted by molar-refractivity contribution is 0.00578. The molecule has 0 radical (unpaired) electrons. The summed E-state index contributed by atoms with van der Waals surface area (Å²) in [5.74, 6) is 0. The zero-order chi connectivity index (χ0) is 27.3. The number of hydrogen-bond donors (Lipinski definition) is 1. The van der Waals surface area contributed by atoms with Crippen molar-refractivity contribution in [1.29, 1.82) is 0 Å². The number of carbonyl (C=O) groups excluding carboxylic acids is 1. The van der Waals surface area contributed by atoms with E-state index in [1.807, 2.05) is 100 Å². The smallest absolute Gasteiger partial charge is 0.444 e. The first-order chi connectivity index (χ1) is 16.3. The lowest BCUT2D eigenvalue weighted by Gasteiger charge is -2.32. The first-order valence-electron chi connectivity index (χ1n) is 12.8. The molecule has 2 fully saturated rings. The summed E-state index contributed by atoms with van der Waals surface area (Å²) in [5, 5.41) is 2.79. The third kappa shape index (κ3) is 5.85. The molecule has 2 heterocycles. The molecule has 7 nitrogen and oxygen atoms in total. The zero-order valence-corrected chi connectivity index (χ0v) is 24.1. The molecular formula is C27H43B2NO6. The van der Waals surface area contributed by atoms with Crippen LogP contribution in [-0.4, -0.2) is 48.3 Å². The van der Waals surface area contributed by atoms with Crippen LogP contribution < -0.4 is 5.32 Å². The number of rotatable bonds is 5. The van der Waals surface area contributed by atoms with Crippen LogP contribution in [0.1, 0.15) is 95.1 Å². The number of anilines is 1. The zero-order valence-electron chi connectivity index (χ0n) is 24.1. The summed E-state index contributed by atoms with van der Waals surface area (Å²) in [6.07, 6.45) is 0.192. The Morgan fingerprint density at radius 3 is 1.61 bits per heavy atom. The number of carbonyl (C=O) groups is 1. The molecule has 0 atom stereocenters. The first kappa shape index (κ1) is 28.8. The van der Waals surface area contributed by atoms with Gasteiger partial charge in [-0.15, -0.1) is 0 Å². The van der Waals surface area contributed by atoms with Crippen molar-refractivity contribution in [2.45, 2.75) is 118 Å². The summed E-state index contributed by atoms with van der Waals surface area (Å²) < 4.78 is 31.2. The molecule has 0 unspecified atom stereocenters. The molecule has 1 aromatic rings. The van der Waals surface area contributed by atoms with E-state index in [1.54, 1.807) is 0 Å². The van der Waals surface area contributed by atoms with Crippen molar-refractivity contribution in [3.05, 3.63) is 35.3 Å². The molecule has 0 bridgehead atoms. The van der Waals surface area contributed by atoms with Crippen molar-refractivity contribution in [2.24, 2.45) is 0 Å². The van der Waals surface area contributed by atoms with E-state index in [1.165, 1.54) is 0 Å². The molecule has 0 spiro atoms. The Morgan fingerprint density at radius 1 is 0.806 bits per heavy atom. The highest BCUT2D eigenvalue weighted by Crippen LogP contribution is 2.45. The summed E-state index contributed by atoms with van der Waals surface area (Å²) in [7, 11) is -1.14. The highest BCUT2D eigenvalue weighted by atomic mass is 16.7. The second-order valence-corrected chi connectivity index (χ2v) is 12.7. The van der Waals surface area contributed by atoms with Crippen LogP contribution in [0.15, 0.2) is 29.7 Å². The molecule has 198 valence electrons. The number of allylic oxidation sites excluding steroid dienone is 1. The molecule has 0 saturated carbocycles. The standard InChI is InChI=1S/C27H43B2NO6/c1-13-20(28-33-24(5,6)25(7,8)34-28)21(29-35-26(9,10)27(11,12)36-29)18-14-16-19(17-15-18)30-22(31)32-23(2,3)4/h14-17H,13H2,1-12H3,(H,30,31)/b21-20-. The normalized spacial score (nSPS) is 22.9. The second kappa shape index (κ2) is 9.50. The van der Waals surface area contributed by atoms with E-state index >= 15 is 0 Å². The molecule has 2 saturated heterocycles. The fourth-order valence-electron chi connectivity index (χ4n) is 4.06. The van der Waals surface area contributed by atoms with Crippen LogP contribution >= 0.6 is 0 Å². The molecule has 2 aliphatic rings. The average molecular weight is 499 g/mol. The summed E-state index contributed by atoms with van der Waals surface area (Å²) in [4.78, 5) is 12.2. The number of hydrogen-bond acceptors (Lipinski definition) is 6. The van der Waals surface area contributed by atoms with E-state index in [9.17, 15) is 4.79 Å². The Hall–Kier alpha value is -1.80. The molecule has 0 aliphatic carbocycles. The van der Waals surface area contributed by atoms with E-state index in [2.05, 4.69) is 12.2 Å². The molecule has 1 N–H and O–H groups in total. The topological polar surface area (TPSA) is 75.3 Å². The predicted octanol–water partition coefficient (Wildman–Crippen LogP) is 6.46. The number of nitrogens with one attached hydrogen (secondary N) is 1. The Balaban J connectivity index is 2.02.